The molecule has 0 saturated carbocycles. The molecule has 0 spiro atoms. The number of nitrogens with one attached hydrogen (secondary N) is 1. The van der Waals surface area contributed by atoms with E-state index in [1.165, 1.54) is 30.3 Å². The van der Waals surface area contributed by atoms with Crippen molar-refractivity contribution in [2.75, 3.05) is 4.72 Å². The Kier molecular flexibility index (Phi) is 6.05. The van der Waals surface area contributed by atoms with Crippen LogP contribution in [0.1, 0.15) is 5.56 Å². The molecule has 0 radical (unpaired) electrons. The minimum atomic E-state index is -4.41. The Bertz CT molecular complexity index is 746. The molecule has 0 aliphatic rings. The average molecular weight is 341 g/mol. The molecule has 0 atom stereocenters. The maximum absolute atomic E-state index is 12.5. The number of hydrogen-bond acceptors (Lipinski definition) is 2. The van der Waals surface area contributed by atoms with Crippen molar-refractivity contribution in [2.45, 2.75) is 6.18 Å². The van der Waals surface area contributed by atoms with Gasteiger partial charge in [-0.2, -0.15) is 21.6 Å². The normalized spacial score (nSPS) is 11.6. The summed E-state index contributed by atoms with van der Waals surface area (Å²) < 4.78 is 69.4. The van der Waals surface area contributed by atoms with Crippen molar-refractivity contribution >= 4 is 45.5 Å². The van der Waals surface area contributed by atoms with Gasteiger partial charge in [0.15, 0.2) is 0 Å². The zero-order valence-electron chi connectivity index (χ0n) is 10.4. The van der Waals surface area contributed by atoms with Crippen LogP contribution in [0, 0.1) is 0 Å². The number of anilines is 1. The first kappa shape index (κ1) is 19.0. The predicted molar refractivity (Wildman–Crippen MR) is 79.2 cm³/mol. The molecule has 0 heterocycles. The SMILES string of the molecule is O=S(=O)(O)Nc1cccc(-c2ccc(C(F)(F)F)cc2)c1.[NaH]. The van der Waals surface area contributed by atoms with Gasteiger partial charge in [-0.05, 0) is 35.4 Å². The Hall–Kier alpha value is -1.06. The van der Waals surface area contributed by atoms with E-state index in [0.29, 0.717) is 11.1 Å². The fourth-order valence-electron chi connectivity index (χ4n) is 1.76. The Labute approximate surface area is 147 Å². The summed E-state index contributed by atoms with van der Waals surface area (Å²) in [6, 6.07) is 10.4. The van der Waals surface area contributed by atoms with Crippen molar-refractivity contribution in [2.24, 2.45) is 0 Å². The second-order valence-corrected chi connectivity index (χ2v) is 5.39. The first-order chi connectivity index (χ1) is 9.65. The fourth-order valence-corrected chi connectivity index (χ4v) is 2.19. The van der Waals surface area contributed by atoms with Crippen LogP contribution in [0.2, 0.25) is 0 Å². The topological polar surface area (TPSA) is 66.4 Å². The maximum atomic E-state index is 12.5. The van der Waals surface area contributed by atoms with E-state index >= 15 is 0 Å². The number of benzene rings is 2. The molecule has 0 aliphatic heterocycles. The second-order valence-electron chi connectivity index (χ2n) is 4.23. The van der Waals surface area contributed by atoms with Gasteiger partial charge in [0.1, 0.15) is 0 Å². The van der Waals surface area contributed by atoms with Gasteiger partial charge in [-0.15, -0.1) is 0 Å². The summed E-state index contributed by atoms with van der Waals surface area (Å²) in [6.07, 6.45) is -4.41. The zero-order valence-corrected chi connectivity index (χ0v) is 11.2. The zero-order chi connectivity index (χ0) is 15.7. The Morgan fingerprint density at radius 1 is 0.955 bits per heavy atom. The molecule has 0 saturated heterocycles. The molecular weight excluding hydrogens is 330 g/mol. The Morgan fingerprint density at radius 2 is 1.55 bits per heavy atom. The summed E-state index contributed by atoms with van der Waals surface area (Å²) in [5.74, 6) is 0. The molecule has 0 unspecified atom stereocenters. The standard InChI is InChI=1S/C13H10F3NO3S.Na.H/c14-13(15,16)11-6-4-9(5-7-11)10-2-1-3-12(8-10)17-21(18,19)20;;/h1-8,17H,(H,18,19,20);;. The molecule has 2 rings (SSSR count). The Morgan fingerprint density at radius 3 is 2.05 bits per heavy atom. The van der Waals surface area contributed by atoms with Crippen LogP contribution in [0.25, 0.3) is 11.1 Å². The molecule has 0 aliphatic carbocycles. The number of rotatable bonds is 3. The van der Waals surface area contributed by atoms with Gasteiger partial charge in [-0.1, -0.05) is 24.3 Å². The van der Waals surface area contributed by atoms with E-state index in [1.54, 1.807) is 6.07 Å². The van der Waals surface area contributed by atoms with Gasteiger partial charge in [0.05, 0.1) is 11.3 Å². The van der Waals surface area contributed by atoms with Gasteiger partial charge in [0.25, 0.3) is 0 Å². The summed E-state index contributed by atoms with van der Waals surface area (Å²) in [5.41, 5.74) is 0.340. The third-order valence-electron chi connectivity index (χ3n) is 2.65. The van der Waals surface area contributed by atoms with E-state index in [2.05, 4.69) is 0 Å². The van der Waals surface area contributed by atoms with Gasteiger partial charge in [-0.3, -0.25) is 9.27 Å². The third kappa shape index (κ3) is 5.29. The van der Waals surface area contributed by atoms with Crippen molar-refractivity contribution in [1.82, 2.24) is 0 Å². The fraction of sp³-hybridized carbons (Fsp3) is 0.0769. The Balaban J connectivity index is 0.00000242. The van der Waals surface area contributed by atoms with E-state index in [9.17, 15) is 21.6 Å². The average Bonchev–Trinajstić information content (AvgIpc) is 2.36. The molecule has 2 aromatic rings. The van der Waals surface area contributed by atoms with Crippen molar-refractivity contribution in [3.63, 3.8) is 0 Å². The molecule has 0 fully saturated rings. The van der Waals surface area contributed by atoms with E-state index in [-0.39, 0.29) is 35.2 Å². The van der Waals surface area contributed by atoms with Gasteiger partial charge in [0.2, 0.25) is 0 Å². The second kappa shape index (κ2) is 7.01. The van der Waals surface area contributed by atoms with Crippen LogP contribution in [0.5, 0.6) is 0 Å². The molecule has 114 valence electrons. The third-order valence-corrected chi connectivity index (χ3v) is 3.15. The van der Waals surface area contributed by atoms with Crippen molar-refractivity contribution < 1.29 is 26.1 Å². The van der Waals surface area contributed by atoms with Gasteiger partial charge < -0.3 is 0 Å². The summed E-state index contributed by atoms with van der Waals surface area (Å²) in [4.78, 5) is 0. The van der Waals surface area contributed by atoms with E-state index in [1.807, 2.05) is 4.72 Å². The van der Waals surface area contributed by atoms with Crippen LogP contribution in [0.3, 0.4) is 0 Å². The van der Waals surface area contributed by atoms with Crippen molar-refractivity contribution in [1.29, 1.82) is 0 Å². The van der Waals surface area contributed by atoms with Crippen LogP contribution in [-0.2, 0) is 16.5 Å². The van der Waals surface area contributed by atoms with Gasteiger partial charge in [0, 0.05) is 0 Å². The summed E-state index contributed by atoms with van der Waals surface area (Å²) in [5, 5.41) is 0. The van der Waals surface area contributed by atoms with Crippen molar-refractivity contribution in [3.05, 3.63) is 54.1 Å². The molecule has 2 N–H and O–H groups in total. The summed E-state index contributed by atoms with van der Waals surface area (Å²) >= 11 is 0. The predicted octanol–water partition coefficient (Wildman–Crippen LogP) is 2.94. The van der Waals surface area contributed by atoms with Crippen LogP contribution in [0.15, 0.2) is 48.5 Å². The van der Waals surface area contributed by atoms with Crippen LogP contribution >= 0.6 is 0 Å². The van der Waals surface area contributed by atoms with E-state index in [4.69, 9.17) is 4.55 Å². The summed E-state index contributed by atoms with van der Waals surface area (Å²) in [6.45, 7) is 0. The number of halogens is 3. The molecule has 0 bridgehead atoms. The molecule has 4 nitrogen and oxygen atoms in total. The van der Waals surface area contributed by atoms with Crippen LogP contribution in [-0.4, -0.2) is 42.5 Å². The molecule has 0 aromatic heterocycles. The molecule has 2 aromatic carbocycles. The van der Waals surface area contributed by atoms with Crippen molar-refractivity contribution in [3.8, 4) is 11.1 Å². The molecule has 22 heavy (non-hydrogen) atoms. The van der Waals surface area contributed by atoms with Gasteiger partial charge >= 0.3 is 46.0 Å². The van der Waals surface area contributed by atoms with Crippen LogP contribution < -0.4 is 4.72 Å². The van der Waals surface area contributed by atoms with E-state index < -0.39 is 22.0 Å². The molecular formula is C13H11F3NNaO3S. The summed E-state index contributed by atoms with van der Waals surface area (Å²) in [7, 11) is -4.40. The van der Waals surface area contributed by atoms with Gasteiger partial charge in [-0.25, -0.2) is 0 Å². The number of alkyl halides is 3. The monoisotopic (exact) mass is 341 g/mol. The quantitative estimate of drug-likeness (QED) is 0.666. The number of hydrogen-bond donors (Lipinski definition) is 2. The first-order valence-corrected chi connectivity index (χ1v) is 7.12. The first-order valence-electron chi connectivity index (χ1n) is 5.68. The van der Waals surface area contributed by atoms with Crippen LogP contribution in [0.4, 0.5) is 18.9 Å². The molecule has 0 amide bonds. The van der Waals surface area contributed by atoms with E-state index in [0.717, 1.165) is 12.1 Å². The minimum absolute atomic E-state index is 0. The molecule has 9 heteroatoms.